The van der Waals surface area contributed by atoms with E-state index >= 15 is 0 Å². The maximum Gasteiger partial charge on any atom is 0.312 e. The Balaban J connectivity index is 1.76. The highest BCUT2D eigenvalue weighted by molar-refractivity contribution is 5.81. The molecule has 0 amide bonds. The van der Waals surface area contributed by atoms with Crippen molar-refractivity contribution < 1.29 is 9.53 Å². The summed E-state index contributed by atoms with van der Waals surface area (Å²) in [5, 5.41) is 0. The van der Waals surface area contributed by atoms with Gasteiger partial charge in [0.2, 0.25) is 0 Å². The van der Waals surface area contributed by atoms with Gasteiger partial charge in [0, 0.05) is 6.42 Å². The molecule has 0 aromatic carbocycles. The van der Waals surface area contributed by atoms with Crippen molar-refractivity contribution in [3.63, 3.8) is 0 Å². The first-order valence-electron chi connectivity index (χ1n) is 7.18. The van der Waals surface area contributed by atoms with Crippen molar-refractivity contribution in [2.24, 2.45) is 34.5 Å². The van der Waals surface area contributed by atoms with Crippen LogP contribution in [0.15, 0.2) is 0 Å². The number of esters is 1. The molecular weight excluding hydrogens is 212 g/mol. The van der Waals surface area contributed by atoms with Crippen LogP contribution in [0.2, 0.25) is 0 Å². The fourth-order valence-electron chi connectivity index (χ4n) is 5.47. The summed E-state index contributed by atoms with van der Waals surface area (Å²) in [5.41, 5.74) is 0.440. The van der Waals surface area contributed by atoms with Crippen LogP contribution in [0.5, 0.6) is 0 Å². The van der Waals surface area contributed by atoms with E-state index in [1.807, 2.05) is 0 Å². The molecule has 6 atom stereocenters. The van der Waals surface area contributed by atoms with E-state index in [9.17, 15) is 4.79 Å². The summed E-state index contributed by atoms with van der Waals surface area (Å²) in [6.45, 7) is 6.98. The van der Waals surface area contributed by atoms with Crippen LogP contribution in [0, 0.1) is 34.5 Å². The molecule has 2 nitrogen and oxygen atoms in total. The number of hydrogen-bond donors (Lipinski definition) is 0. The Labute approximate surface area is 103 Å². The summed E-state index contributed by atoms with van der Waals surface area (Å²) in [4.78, 5) is 12.3. The van der Waals surface area contributed by atoms with E-state index in [0.717, 1.165) is 18.8 Å². The van der Waals surface area contributed by atoms with Crippen molar-refractivity contribution in [1.29, 1.82) is 0 Å². The Bertz CT molecular complexity index is 402. The van der Waals surface area contributed by atoms with Crippen LogP contribution in [-0.4, -0.2) is 12.1 Å². The minimum absolute atomic E-state index is 0.0479. The largest absolute Gasteiger partial charge is 0.462 e. The standard InChI is InChI=1S/C15H22O2/c1-8(2)10-4-12-14(3)5-9(14)6-15(12)7-11(10)17-13(15)16/h8-12H,4-7H2,1-3H3. The molecule has 0 aromatic rings. The zero-order chi connectivity index (χ0) is 12.0. The molecule has 4 rings (SSSR count). The predicted octanol–water partition coefficient (Wildman–Crippen LogP) is 3.01. The van der Waals surface area contributed by atoms with Gasteiger partial charge in [-0.05, 0) is 48.3 Å². The zero-order valence-corrected chi connectivity index (χ0v) is 11.0. The van der Waals surface area contributed by atoms with Gasteiger partial charge in [0.05, 0.1) is 5.41 Å². The van der Waals surface area contributed by atoms with Gasteiger partial charge < -0.3 is 4.74 Å². The van der Waals surface area contributed by atoms with E-state index in [1.165, 1.54) is 12.8 Å². The second-order valence-corrected chi connectivity index (χ2v) is 7.61. The van der Waals surface area contributed by atoms with Crippen molar-refractivity contribution >= 4 is 5.97 Å². The lowest BCUT2D eigenvalue weighted by Gasteiger charge is -2.41. The Hall–Kier alpha value is -0.530. The Kier molecular flexibility index (Phi) is 1.67. The van der Waals surface area contributed by atoms with Crippen molar-refractivity contribution in [3.05, 3.63) is 0 Å². The molecular formula is C15H22O2. The van der Waals surface area contributed by atoms with E-state index in [0.29, 0.717) is 23.2 Å². The summed E-state index contributed by atoms with van der Waals surface area (Å²) in [6.07, 6.45) is 5.00. The summed E-state index contributed by atoms with van der Waals surface area (Å²) < 4.78 is 5.74. The van der Waals surface area contributed by atoms with Gasteiger partial charge in [0.1, 0.15) is 6.10 Å². The third-order valence-electron chi connectivity index (χ3n) is 6.60. The number of ether oxygens (including phenoxy) is 1. The molecule has 4 aliphatic rings. The topological polar surface area (TPSA) is 26.3 Å². The van der Waals surface area contributed by atoms with E-state index < -0.39 is 0 Å². The molecule has 1 spiro atoms. The van der Waals surface area contributed by atoms with Gasteiger partial charge in [0.15, 0.2) is 0 Å². The molecule has 1 aliphatic heterocycles. The van der Waals surface area contributed by atoms with Gasteiger partial charge in [-0.25, -0.2) is 0 Å². The van der Waals surface area contributed by atoms with Gasteiger partial charge in [0.25, 0.3) is 0 Å². The normalized spacial score (nSPS) is 58.9. The lowest BCUT2D eigenvalue weighted by Crippen LogP contribution is -2.41. The van der Waals surface area contributed by atoms with E-state index in [2.05, 4.69) is 20.8 Å². The lowest BCUT2D eigenvalue weighted by molar-refractivity contribution is -0.150. The molecule has 0 aromatic heterocycles. The second kappa shape index (κ2) is 2.73. The first kappa shape index (κ1) is 10.4. The number of carbonyl (C=O) groups is 1. The van der Waals surface area contributed by atoms with Crippen LogP contribution in [0.4, 0.5) is 0 Å². The van der Waals surface area contributed by atoms with Crippen molar-refractivity contribution in [2.75, 3.05) is 0 Å². The molecule has 2 bridgehead atoms. The van der Waals surface area contributed by atoms with Gasteiger partial charge in [-0.15, -0.1) is 0 Å². The zero-order valence-electron chi connectivity index (χ0n) is 11.0. The Morgan fingerprint density at radius 1 is 1.29 bits per heavy atom. The average Bonchev–Trinajstić information content (AvgIpc) is 2.72. The minimum atomic E-state index is -0.0479. The van der Waals surface area contributed by atoms with Gasteiger partial charge in [-0.2, -0.15) is 0 Å². The third-order valence-corrected chi connectivity index (χ3v) is 6.60. The van der Waals surface area contributed by atoms with Gasteiger partial charge in [-0.1, -0.05) is 20.8 Å². The molecule has 2 heteroatoms. The summed E-state index contributed by atoms with van der Waals surface area (Å²) in [7, 11) is 0. The lowest BCUT2D eigenvalue weighted by atomic mass is 9.60. The van der Waals surface area contributed by atoms with Crippen molar-refractivity contribution in [1.82, 2.24) is 0 Å². The van der Waals surface area contributed by atoms with Crippen LogP contribution in [0.3, 0.4) is 0 Å². The first-order valence-corrected chi connectivity index (χ1v) is 7.18. The molecule has 4 fully saturated rings. The molecule has 94 valence electrons. The highest BCUT2D eigenvalue weighted by atomic mass is 16.6. The molecule has 1 heterocycles. The number of rotatable bonds is 1. The monoisotopic (exact) mass is 234 g/mol. The Morgan fingerprint density at radius 3 is 2.76 bits per heavy atom. The number of fused-ring (bicyclic) bond motifs is 3. The maximum absolute atomic E-state index is 12.3. The quantitative estimate of drug-likeness (QED) is 0.652. The average molecular weight is 234 g/mol. The highest BCUT2D eigenvalue weighted by Crippen LogP contribution is 2.77. The summed E-state index contributed by atoms with van der Waals surface area (Å²) in [6, 6.07) is 0. The van der Waals surface area contributed by atoms with Crippen LogP contribution in [-0.2, 0) is 9.53 Å². The van der Waals surface area contributed by atoms with E-state index in [1.54, 1.807) is 0 Å². The molecule has 1 saturated heterocycles. The van der Waals surface area contributed by atoms with Gasteiger partial charge in [-0.3, -0.25) is 4.79 Å². The predicted molar refractivity (Wildman–Crippen MR) is 64.2 cm³/mol. The second-order valence-electron chi connectivity index (χ2n) is 7.61. The number of hydrogen-bond acceptors (Lipinski definition) is 2. The summed E-state index contributed by atoms with van der Waals surface area (Å²) in [5.74, 6) is 2.86. The molecule has 6 unspecified atom stereocenters. The maximum atomic E-state index is 12.3. The molecule has 0 radical (unpaired) electrons. The summed E-state index contributed by atoms with van der Waals surface area (Å²) >= 11 is 0. The van der Waals surface area contributed by atoms with Crippen LogP contribution in [0.25, 0.3) is 0 Å². The van der Waals surface area contributed by atoms with E-state index in [-0.39, 0.29) is 17.5 Å². The first-order chi connectivity index (χ1) is 7.97. The highest BCUT2D eigenvalue weighted by Gasteiger charge is 2.75. The van der Waals surface area contributed by atoms with Crippen LogP contribution < -0.4 is 0 Å². The van der Waals surface area contributed by atoms with Gasteiger partial charge >= 0.3 is 5.97 Å². The fourth-order valence-corrected chi connectivity index (χ4v) is 5.47. The Morgan fingerprint density at radius 2 is 2.06 bits per heavy atom. The smallest absolute Gasteiger partial charge is 0.312 e. The molecule has 17 heavy (non-hydrogen) atoms. The minimum Gasteiger partial charge on any atom is -0.462 e. The van der Waals surface area contributed by atoms with Crippen molar-refractivity contribution in [2.45, 2.75) is 52.6 Å². The fraction of sp³-hybridized carbons (Fsp3) is 0.933. The van der Waals surface area contributed by atoms with Crippen LogP contribution >= 0.6 is 0 Å². The molecule has 3 saturated carbocycles. The SMILES string of the molecule is CC(C)C1CC2C3(CC1OC3=O)CC1CC12C. The third kappa shape index (κ3) is 1.02. The van der Waals surface area contributed by atoms with Crippen molar-refractivity contribution in [3.8, 4) is 0 Å². The molecule has 0 N–H and O–H groups in total. The number of carbonyl (C=O) groups excluding carboxylic acids is 1. The van der Waals surface area contributed by atoms with E-state index in [4.69, 9.17) is 4.74 Å². The molecule has 3 aliphatic carbocycles. The van der Waals surface area contributed by atoms with Crippen LogP contribution in [0.1, 0.15) is 46.5 Å².